The number of sulfonamides is 1. The van der Waals surface area contributed by atoms with Crippen LogP contribution in [0, 0.1) is 6.92 Å². The smallest absolute Gasteiger partial charge is 0.243 e. The van der Waals surface area contributed by atoms with Gasteiger partial charge < -0.3 is 5.73 Å². The zero-order chi connectivity index (χ0) is 15.0. The number of nitrogens with two attached hydrogens (primary N) is 1. The Hall–Kier alpha value is -1.69. The minimum atomic E-state index is -3.46. The van der Waals surface area contributed by atoms with E-state index in [4.69, 9.17) is 5.73 Å². The lowest BCUT2D eigenvalue weighted by atomic mass is 10.1. The van der Waals surface area contributed by atoms with Gasteiger partial charge >= 0.3 is 0 Å². The van der Waals surface area contributed by atoms with Crippen molar-refractivity contribution in [3.63, 3.8) is 0 Å². The van der Waals surface area contributed by atoms with Crippen LogP contribution in [0.5, 0.6) is 0 Å². The quantitative estimate of drug-likeness (QED) is 0.945. The van der Waals surface area contributed by atoms with Gasteiger partial charge in [-0.05, 0) is 41.3 Å². The number of hydrogen-bond acceptors (Lipinski definition) is 3. The van der Waals surface area contributed by atoms with Crippen molar-refractivity contribution in [2.45, 2.75) is 31.5 Å². The first-order valence-corrected chi connectivity index (χ1v) is 8.33. The Balaban J connectivity index is 1.94. The molecule has 0 spiro atoms. The van der Waals surface area contributed by atoms with Gasteiger partial charge in [0.1, 0.15) is 0 Å². The van der Waals surface area contributed by atoms with Gasteiger partial charge in [0.15, 0.2) is 0 Å². The highest BCUT2D eigenvalue weighted by molar-refractivity contribution is 7.89. The van der Waals surface area contributed by atoms with Crippen LogP contribution in [-0.4, -0.2) is 12.7 Å². The molecule has 0 bridgehead atoms. The molecule has 0 unspecified atom stereocenters. The van der Waals surface area contributed by atoms with Crippen molar-refractivity contribution < 1.29 is 8.42 Å². The summed E-state index contributed by atoms with van der Waals surface area (Å²) >= 11 is 0. The third kappa shape index (κ3) is 2.48. The van der Waals surface area contributed by atoms with Crippen LogP contribution in [0.2, 0.25) is 0 Å². The van der Waals surface area contributed by atoms with E-state index in [1.807, 2.05) is 31.2 Å². The third-order valence-corrected chi connectivity index (χ3v) is 5.77. The molecule has 21 heavy (non-hydrogen) atoms. The fraction of sp³-hybridized carbons (Fsp3) is 0.250. The fourth-order valence-corrected chi connectivity index (χ4v) is 4.16. The van der Waals surface area contributed by atoms with Crippen LogP contribution < -0.4 is 5.73 Å². The van der Waals surface area contributed by atoms with E-state index in [-0.39, 0.29) is 0 Å². The van der Waals surface area contributed by atoms with Crippen molar-refractivity contribution in [1.82, 2.24) is 4.31 Å². The SMILES string of the molecule is Cc1cc(S(=O)(=O)N2Cc3ccccc3C2)ccc1CN. The number of nitrogens with zero attached hydrogens (tertiary/aromatic N) is 1. The third-order valence-electron chi connectivity index (χ3n) is 3.98. The molecule has 2 aromatic rings. The van der Waals surface area contributed by atoms with Crippen LogP contribution in [0.15, 0.2) is 47.4 Å². The Morgan fingerprint density at radius 2 is 1.71 bits per heavy atom. The molecule has 2 N–H and O–H groups in total. The highest BCUT2D eigenvalue weighted by Crippen LogP contribution is 2.29. The van der Waals surface area contributed by atoms with Gasteiger partial charge in [0, 0.05) is 19.6 Å². The summed E-state index contributed by atoms with van der Waals surface area (Å²) in [5, 5.41) is 0. The summed E-state index contributed by atoms with van der Waals surface area (Å²) in [6.07, 6.45) is 0. The van der Waals surface area contributed by atoms with Crippen LogP contribution in [-0.2, 0) is 29.7 Å². The van der Waals surface area contributed by atoms with Gasteiger partial charge in [0.05, 0.1) is 4.90 Å². The molecule has 4 nitrogen and oxygen atoms in total. The van der Waals surface area contributed by atoms with E-state index in [2.05, 4.69) is 0 Å². The summed E-state index contributed by atoms with van der Waals surface area (Å²) in [5.74, 6) is 0. The molecule has 0 saturated heterocycles. The molecular formula is C16H18N2O2S. The summed E-state index contributed by atoms with van der Waals surface area (Å²) in [7, 11) is -3.46. The monoisotopic (exact) mass is 302 g/mol. The first-order chi connectivity index (χ1) is 10.0. The van der Waals surface area contributed by atoms with E-state index in [9.17, 15) is 8.42 Å². The second-order valence-electron chi connectivity index (χ2n) is 5.33. The summed E-state index contributed by atoms with van der Waals surface area (Å²) in [6, 6.07) is 13.0. The molecule has 1 aliphatic heterocycles. The maximum absolute atomic E-state index is 12.7. The summed E-state index contributed by atoms with van der Waals surface area (Å²) in [4.78, 5) is 0.338. The molecule has 0 radical (unpaired) electrons. The first-order valence-electron chi connectivity index (χ1n) is 6.89. The average molecular weight is 302 g/mol. The van der Waals surface area contributed by atoms with Crippen LogP contribution >= 0.6 is 0 Å². The highest BCUT2D eigenvalue weighted by Gasteiger charge is 2.30. The molecular weight excluding hydrogens is 284 g/mol. The van der Waals surface area contributed by atoms with Gasteiger partial charge in [-0.2, -0.15) is 4.31 Å². The van der Waals surface area contributed by atoms with Crippen molar-refractivity contribution in [3.8, 4) is 0 Å². The van der Waals surface area contributed by atoms with E-state index in [1.165, 1.54) is 4.31 Å². The van der Waals surface area contributed by atoms with Crippen molar-refractivity contribution in [3.05, 3.63) is 64.7 Å². The maximum Gasteiger partial charge on any atom is 0.243 e. The average Bonchev–Trinajstić information content (AvgIpc) is 2.92. The maximum atomic E-state index is 12.7. The fourth-order valence-electron chi connectivity index (χ4n) is 2.68. The second-order valence-corrected chi connectivity index (χ2v) is 7.27. The molecule has 0 fully saturated rings. The minimum Gasteiger partial charge on any atom is -0.326 e. The predicted molar refractivity (Wildman–Crippen MR) is 81.9 cm³/mol. The first kappa shape index (κ1) is 14.3. The van der Waals surface area contributed by atoms with Crippen LogP contribution in [0.25, 0.3) is 0 Å². The summed E-state index contributed by atoms with van der Waals surface area (Å²) < 4.78 is 27.0. The summed E-state index contributed by atoms with van der Waals surface area (Å²) in [5.41, 5.74) is 9.67. The van der Waals surface area contributed by atoms with Gasteiger partial charge in [-0.25, -0.2) is 8.42 Å². The number of fused-ring (bicyclic) bond motifs is 1. The van der Waals surface area contributed by atoms with Crippen LogP contribution in [0.4, 0.5) is 0 Å². The molecule has 2 aromatic carbocycles. The zero-order valence-corrected chi connectivity index (χ0v) is 12.7. The van der Waals surface area contributed by atoms with Gasteiger partial charge in [0.2, 0.25) is 10.0 Å². The van der Waals surface area contributed by atoms with Gasteiger partial charge in [0.25, 0.3) is 0 Å². The molecule has 0 aromatic heterocycles. The Labute approximate surface area is 125 Å². The number of rotatable bonds is 3. The van der Waals surface area contributed by atoms with Gasteiger partial charge in [-0.1, -0.05) is 30.3 Å². The van der Waals surface area contributed by atoms with E-state index in [0.29, 0.717) is 24.5 Å². The molecule has 0 atom stereocenters. The standard InChI is InChI=1S/C16H18N2O2S/c1-12-8-16(7-6-13(12)9-17)21(19,20)18-10-14-4-2-3-5-15(14)11-18/h2-8H,9-11,17H2,1H3. The van der Waals surface area contributed by atoms with Crippen molar-refractivity contribution in [2.24, 2.45) is 5.73 Å². The van der Waals surface area contributed by atoms with E-state index in [0.717, 1.165) is 22.3 Å². The molecule has 110 valence electrons. The number of hydrogen-bond donors (Lipinski definition) is 1. The molecule has 0 saturated carbocycles. The predicted octanol–water partition coefficient (Wildman–Crippen LogP) is 2.16. The Kier molecular flexibility index (Phi) is 3.57. The normalized spacial score (nSPS) is 15.1. The Morgan fingerprint density at radius 3 is 2.24 bits per heavy atom. The number of aryl methyl sites for hydroxylation is 1. The second kappa shape index (κ2) is 5.26. The lowest BCUT2D eigenvalue weighted by Gasteiger charge is -2.16. The van der Waals surface area contributed by atoms with Gasteiger partial charge in [-0.3, -0.25) is 0 Å². The Morgan fingerprint density at radius 1 is 1.10 bits per heavy atom. The van der Waals surface area contributed by atoms with Crippen molar-refractivity contribution in [2.75, 3.05) is 0 Å². The highest BCUT2D eigenvalue weighted by atomic mass is 32.2. The minimum absolute atomic E-state index is 0.338. The van der Waals surface area contributed by atoms with Crippen LogP contribution in [0.1, 0.15) is 22.3 Å². The molecule has 1 aliphatic rings. The van der Waals surface area contributed by atoms with E-state index >= 15 is 0 Å². The molecule has 3 rings (SSSR count). The topological polar surface area (TPSA) is 63.4 Å². The molecule has 5 heteroatoms. The summed E-state index contributed by atoms with van der Waals surface area (Å²) in [6.45, 7) is 3.19. The lowest BCUT2D eigenvalue weighted by Crippen LogP contribution is -2.25. The van der Waals surface area contributed by atoms with Crippen LogP contribution in [0.3, 0.4) is 0 Å². The van der Waals surface area contributed by atoms with Crippen molar-refractivity contribution in [1.29, 1.82) is 0 Å². The Bertz CT molecular complexity index is 760. The molecule has 0 amide bonds. The van der Waals surface area contributed by atoms with Crippen molar-refractivity contribution >= 4 is 10.0 Å². The number of benzene rings is 2. The lowest BCUT2D eigenvalue weighted by molar-refractivity contribution is 0.431. The van der Waals surface area contributed by atoms with Gasteiger partial charge in [-0.15, -0.1) is 0 Å². The van der Waals surface area contributed by atoms with E-state index in [1.54, 1.807) is 18.2 Å². The van der Waals surface area contributed by atoms with E-state index < -0.39 is 10.0 Å². The molecule has 0 aliphatic carbocycles. The molecule has 1 heterocycles. The largest absolute Gasteiger partial charge is 0.326 e. The zero-order valence-electron chi connectivity index (χ0n) is 11.9.